The van der Waals surface area contributed by atoms with Crippen molar-refractivity contribution in [3.05, 3.63) is 34.9 Å². The lowest BCUT2D eigenvalue weighted by molar-refractivity contribution is -0.134. The second-order valence-electron chi connectivity index (χ2n) is 5.94. The third-order valence-electron chi connectivity index (χ3n) is 4.60. The minimum absolute atomic E-state index is 0.145. The summed E-state index contributed by atoms with van der Waals surface area (Å²) in [5.74, 6) is 0.208. The maximum absolute atomic E-state index is 12.6. The molecular weight excluding hydrogens is 300 g/mol. The molecule has 2 N–H and O–H groups in total. The summed E-state index contributed by atoms with van der Waals surface area (Å²) in [7, 11) is 0. The third kappa shape index (κ3) is 3.43. The van der Waals surface area contributed by atoms with Crippen LogP contribution in [0.5, 0.6) is 0 Å². The van der Waals surface area contributed by atoms with Crippen LogP contribution in [0, 0.1) is 0 Å². The zero-order chi connectivity index (χ0) is 15.5. The number of hydrogen-bond donors (Lipinski definition) is 2. The van der Waals surface area contributed by atoms with Crippen molar-refractivity contribution < 1.29 is 4.79 Å². The Balaban J connectivity index is 1.56. The molecule has 0 saturated carbocycles. The molecule has 2 aliphatic rings. The minimum atomic E-state index is -0.145. The molecule has 0 aliphatic carbocycles. The number of hydrogen-bond acceptors (Lipinski definition) is 4. The molecule has 2 heterocycles. The molecule has 2 saturated heterocycles. The Morgan fingerprint density at radius 3 is 2.50 bits per heavy atom. The average molecular weight is 323 g/mol. The summed E-state index contributed by atoms with van der Waals surface area (Å²) in [6.07, 6.45) is 0.772. The molecule has 2 fully saturated rings. The van der Waals surface area contributed by atoms with E-state index in [1.807, 2.05) is 29.2 Å². The summed E-state index contributed by atoms with van der Waals surface area (Å²) >= 11 is 5.92. The number of carbonyl (C=O) groups is 1. The SMILES string of the molecule is CCN1CCN(C(=O)C2CC(c3ccc(Cl)cc3)NN2)CC1. The quantitative estimate of drug-likeness (QED) is 0.883. The predicted octanol–water partition coefficient (Wildman–Crippen LogP) is 1.41. The second-order valence-corrected chi connectivity index (χ2v) is 6.38. The van der Waals surface area contributed by atoms with Crippen molar-refractivity contribution in [2.24, 2.45) is 0 Å². The van der Waals surface area contributed by atoms with Crippen LogP contribution in [-0.2, 0) is 4.79 Å². The Morgan fingerprint density at radius 1 is 1.18 bits per heavy atom. The van der Waals surface area contributed by atoms with Crippen molar-refractivity contribution in [2.45, 2.75) is 25.4 Å². The first-order valence-electron chi connectivity index (χ1n) is 7.95. The van der Waals surface area contributed by atoms with Gasteiger partial charge < -0.3 is 9.80 Å². The highest BCUT2D eigenvalue weighted by Crippen LogP contribution is 2.24. The van der Waals surface area contributed by atoms with Gasteiger partial charge in [0, 0.05) is 37.2 Å². The molecule has 1 amide bonds. The number of likely N-dealkylation sites (N-methyl/N-ethyl adjacent to an activating group) is 1. The lowest BCUT2D eigenvalue weighted by Gasteiger charge is -2.35. The van der Waals surface area contributed by atoms with Gasteiger partial charge in [-0.25, -0.2) is 10.9 Å². The van der Waals surface area contributed by atoms with E-state index in [1.54, 1.807) is 0 Å². The standard InChI is InChI=1S/C16H23ClN4O/c1-2-20-7-9-21(10-8-20)16(22)15-11-14(18-19-15)12-3-5-13(17)6-4-12/h3-6,14-15,18-19H,2,7-11H2,1H3. The van der Waals surface area contributed by atoms with E-state index in [0.717, 1.165) is 49.7 Å². The van der Waals surface area contributed by atoms with E-state index >= 15 is 0 Å². The smallest absolute Gasteiger partial charge is 0.241 e. The zero-order valence-corrected chi connectivity index (χ0v) is 13.6. The third-order valence-corrected chi connectivity index (χ3v) is 4.86. The Kier molecular flexibility index (Phi) is 4.98. The van der Waals surface area contributed by atoms with Gasteiger partial charge in [0.2, 0.25) is 5.91 Å². The molecule has 6 heteroatoms. The van der Waals surface area contributed by atoms with Crippen LogP contribution in [0.4, 0.5) is 0 Å². The van der Waals surface area contributed by atoms with Crippen LogP contribution in [0.25, 0.3) is 0 Å². The molecule has 0 aromatic heterocycles. The number of benzene rings is 1. The first kappa shape index (κ1) is 15.7. The van der Waals surface area contributed by atoms with Crippen LogP contribution < -0.4 is 10.9 Å². The molecule has 2 unspecified atom stereocenters. The van der Waals surface area contributed by atoms with Gasteiger partial charge in [0.25, 0.3) is 0 Å². The summed E-state index contributed by atoms with van der Waals surface area (Å²) in [6, 6.07) is 7.80. The molecular formula is C16H23ClN4O. The normalized spacial score (nSPS) is 26.4. The Hall–Kier alpha value is -1.14. The molecule has 22 heavy (non-hydrogen) atoms. The molecule has 0 radical (unpaired) electrons. The summed E-state index contributed by atoms with van der Waals surface area (Å²) in [5.41, 5.74) is 7.54. The fourth-order valence-corrected chi connectivity index (χ4v) is 3.26. The summed E-state index contributed by atoms with van der Waals surface area (Å²) < 4.78 is 0. The number of nitrogens with zero attached hydrogens (tertiary/aromatic N) is 2. The number of rotatable bonds is 3. The maximum Gasteiger partial charge on any atom is 0.241 e. The fourth-order valence-electron chi connectivity index (χ4n) is 3.14. The van der Waals surface area contributed by atoms with E-state index in [1.165, 1.54) is 0 Å². The molecule has 2 aliphatic heterocycles. The molecule has 2 atom stereocenters. The van der Waals surface area contributed by atoms with E-state index in [9.17, 15) is 4.79 Å². The van der Waals surface area contributed by atoms with Gasteiger partial charge in [-0.05, 0) is 30.7 Å². The number of nitrogens with one attached hydrogen (secondary N) is 2. The van der Waals surface area contributed by atoms with Gasteiger partial charge in [-0.2, -0.15) is 0 Å². The van der Waals surface area contributed by atoms with Crippen molar-refractivity contribution in [3.63, 3.8) is 0 Å². The number of halogens is 1. The molecule has 1 aromatic rings. The number of piperazine rings is 1. The molecule has 0 bridgehead atoms. The Morgan fingerprint density at radius 2 is 1.86 bits per heavy atom. The van der Waals surface area contributed by atoms with E-state index in [0.29, 0.717) is 0 Å². The van der Waals surface area contributed by atoms with Crippen molar-refractivity contribution >= 4 is 17.5 Å². The van der Waals surface area contributed by atoms with Crippen molar-refractivity contribution in [1.82, 2.24) is 20.7 Å². The molecule has 5 nitrogen and oxygen atoms in total. The molecule has 0 spiro atoms. The average Bonchev–Trinajstić information content (AvgIpc) is 3.05. The number of amides is 1. The van der Waals surface area contributed by atoms with Gasteiger partial charge in [-0.1, -0.05) is 30.7 Å². The van der Waals surface area contributed by atoms with E-state index in [2.05, 4.69) is 22.7 Å². The second kappa shape index (κ2) is 6.96. The monoisotopic (exact) mass is 322 g/mol. The number of carbonyl (C=O) groups excluding carboxylic acids is 1. The van der Waals surface area contributed by atoms with Crippen LogP contribution >= 0.6 is 11.6 Å². The number of hydrazine groups is 1. The van der Waals surface area contributed by atoms with Crippen molar-refractivity contribution in [2.75, 3.05) is 32.7 Å². The highest BCUT2D eigenvalue weighted by molar-refractivity contribution is 6.30. The van der Waals surface area contributed by atoms with Crippen LogP contribution in [0.1, 0.15) is 24.9 Å². The van der Waals surface area contributed by atoms with Gasteiger partial charge in [-0.3, -0.25) is 4.79 Å². The van der Waals surface area contributed by atoms with Gasteiger partial charge in [0.1, 0.15) is 6.04 Å². The molecule has 1 aromatic carbocycles. The zero-order valence-electron chi connectivity index (χ0n) is 12.9. The van der Waals surface area contributed by atoms with E-state index in [4.69, 9.17) is 11.6 Å². The van der Waals surface area contributed by atoms with Gasteiger partial charge in [-0.15, -0.1) is 0 Å². The largest absolute Gasteiger partial charge is 0.339 e. The minimum Gasteiger partial charge on any atom is -0.339 e. The highest BCUT2D eigenvalue weighted by atomic mass is 35.5. The lowest BCUT2D eigenvalue weighted by atomic mass is 10.0. The van der Waals surface area contributed by atoms with Gasteiger partial charge in [0.15, 0.2) is 0 Å². The van der Waals surface area contributed by atoms with Crippen molar-refractivity contribution in [3.8, 4) is 0 Å². The maximum atomic E-state index is 12.6. The summed E-state index contributed by atoms with van der Waals surface area (Å²) in [5, 5.41) is 0.733. The highest BCUT2D eigenvalue weighted by Gasteiger charge is 2.33. The summed E-state index contributed by atoms with van der Waals surface area (Å²) in [4.78, 5) is 17.0. The van der Waals surface area contributed by atoms with Gasteiger partial charge >= 0.3 is 0 Å². The molecule has 3 rings (SSSR count). The first-order valence-corrected chi connectivity index (χ1v) is 8.33. The topological polar surface area (TPSA) is 47.6 Å². The first-order chi connectivity index (χ1) is 10.7. The van der Waals surface area contributed by atoms with E-state index in [-0.39, 0.29) is 18.0 Å². The van der Waals surface area contributed by atoms with Crippen LogP contribution in [0.15, 0.2) is 24.3 Å². The lowest BCUT2D eigenvalue weighted by Crippen LogP contribution is -2.53. The molecule has 120 valence electrons. The van der Waals surface area contributed by atoms with Crippen LogP contribution in [0.3, 0.4) is 0 Å². The van der Waals surface area contributed by atoms with Crippen LogP contribution in [-0.4, -0.2) is 54.5 Å². The Bertz CT molecular complexity index is 513. The predicted molar refractivity (Wildman–Crippen MR) is 87.6 cm³/mol. The summed E-state index contributed by atoms with van der Waals surface area (Å²) in [6.45, 7) is 6.83. The van der Waals surface area contributed by atoms with Gasteiger partial charge in [0.05, 0.1) is 0 Å². The van der Waals surface area contributed by atoms with E-state index < -0.39 is 0 Å². The Labute approximate surface area is 136 Å². The van der Waals surface area contributed by atoms with Crippen LogP contribution in [0.2, 0.25) is 5.02 Å². The fraction of sp³-hybridized carbons (Fsp3) is 0.562. The van der Waals surface area contributed by atoms with Crippen molar-refractivity contribution in [1.29, 1.82) is 0 Å².